The Morgan fingerprint density at radius 1 is 0.967 bits per heavy atom. The maximum atomic E-state index is 12.7. The zero-order valence-electron chi connectivity index (χ0n) is 18.1. The van der Waals surface area contributed by atoms with E-state index < -0.39 is 12.1 Å². The Morgan fingerprint density at radius 2 is 1.57 bits per heavy atom. The zero-order valence-corrected chi connectivity index (χ0v) is 18.1. The third-order valence-corrected chi connectivity index (χ3v) is 4.65. The minimum Gasteiger partial charge on any atom is -0.493 e. The summed E-state index contributed by atoms with van der Waals surface area (Å²) in [6.45, 7) is 3.95. The van der Waals surface area contributed by atoms with Gasteiger partial charge < -0.3 is 23.8 Å². The summed E-state index contributed by atoms with van der Waals surface area (Å²) in [5.74, 6) is 0.820. The van der Waals surface area contributed by atoms with Crippen molar-refractivity contribution in [2.24, 2.45) is 0 Å². The van der Waals surface area contributed by atoms with Crippen molar-refractivity contribution in [1.82, 2.24) is 0 Å². The number of esters is 1. The van der Waals surface area contributed by atoms with Gasteiger partial charge in [0.25, 0.3) is 5.91 Å². The Labute approximate surface area is 177 Å². The molecule has 2 aromatic carbocycles. The van der Waals surface area contributed by atoms with Gasteiger partial charge in [0.2, 0.25) is 5.75 Å². The molecule has 0 aliphatic heterocycles. The van der Waals surface area contributed by atoms with Crippen LogP contribution in [0.3, 0.4) is 0 Å². The lowest BCUT2D eigenvalue weighted by Crippen LogP contribution is -2.40. The number of carbonyl (C=O) groups is 2. The normalized spacial score (nSPS) is 11.4. The number of nitrogens with zero attached hydrogens (tertiary/aromatic N) is 1. The Morgan fingerprint density at radius 3 is 2.07 bits per heavy atom. The first kappa shape index (κ1) is 23.1. The number of benzene rings is 2. The molecule has 2 aromatic rings. The molecule has 7 heteroatoms. The molecule has 7 nitrogen and oxygen atoms in total. The molecule has 0 N–H and O–H groups in total. The molecule has 0 aromatic heterocycles. The summed E-state index contributed by atoms with van der Waals surface area (Å²) >= 11 is 0. The number of methoxy groups -OCH3 is 3. The van der Waals surface area contributed by atoms with Crippen molar-refractivity contribution in [2.75, 3.05) is 32.8 Å². The first-order valence-corrected chi connectivity index (χ1v) is 9.79. The van der Waals surface area contributed by atoms with E-state index in [0.29, 0.717) is 30.2 Å². The highest BCUT2D eigenvalue weighted by Crippen LogP contribution is 2.38. The molecule has 0 saturated carbocycles. The van der Waals surface area contributed by atoms with E-state index in [1.807, 2.05) is 37.3 Å². The summed E-state index contributed by atoms with van der Waals surface area (Å²) in [6, 6.07) is 12.9. The van der Waals surface area contributed by atoms with Crippen molar-refractivity contribution >= 4 is 17.6 Å². The summed E-state index contributed by atoms with van der Waals surface area (Å²) in [5.41, 5.74) is 1.60. The van der Waals surface area contributed by atoms with E-state index in [1.165, 1.54) is 21.3 Å². The average Bonchev–Trinajstić information content (AvgIpc) is 2.77. The van der Waals surface area contributed by atoms with Crippen LogP contribution in [0.25, 0.3) is 0 Å². The number of hydrogen-bond acceptors (Lipinski definition) is 6. The van der Waals surface area contributed by atoms with Gasteiger partial charge in [-0.3, -0.25) is 9.59 Å². The third kappa shape index (κ3) is 5.65. The summed E-state index contributed by atoms with van der Waals surface area (Å²) < 4.78 is 21.3. The molecule has 0 aliphatic carbocycles. The SMILES string of the molecule is CCN(C(=O)[C@H](C)OC(=O)CCc1cc(OC)c(OC)c(OC)c1)c1ccccc1. The van der Waals surface area contributed by atoms with Crippen LogP contribution in [0, 0.1) is 0 Å². The van der Waals surface area contributed by atoms with E-state index in [9.17, 15) is 9.59 Å². The second-order valence-corrected chi connectivity index (χ2v) is 6.58. The highest BCUT2D eigenvalue weighted by atomic mass is 16.5. The smallest absolute Gasteiger partial charge is 0.306 e. The van der Waals surface area contributed by atoms with Crippen molar-refractivity contribution in [3.63, 3.8) is 0 Å². The number of likely N-dealkylation sites (N-methyl/N-ethyl adjacent to an activating group) is 1. The fraction of sp³-hybridized carbons (Fsp3) is 0.391. The van der Waals surface area contributed by atoms with Gasteiger partial charge in [-0.05, 0) is 50.1 Å². The van der Waals surface area contributed by atoms with Crippen LogP contribution in [-0.4, -0.2) is 45.9 Å². The third-order valence-electron chi connectivity index (χ3n) is 4.65. The molecule has 0 spiro atoms. The molecule has 1 atom stereocenters. The van der Waals surface area contributed by atoms with Crippen LogP contribution in [0.4, 0.5) is 5.69 Å². The van der Waals surface area contributed by atoms with E-state index >= 15 is 0 Å². The van der Waals surface area contributed by atoms with Crippen LogP contribution in [-0.2, 0) is 20.7 Å². The average molecular weight is 415 g/mol. The van der Waals surface area contributed by atoms with Gasteiger partial charge in [-0.2, -0.15) is 0 Å². The number of ether oxygens (including phenoxy) is 4. The molecule has 0 bridgehead atoms. The number of amides is 1. The number of carbonyl (C=O) groups excluding carboxylic acids is 2. The first-order chi connectivity index (χ1) is 14.4. The predicted octanol–water partition coefficient (Wildman–Crippen LogP) is 3.63. The van der Waals surface area contributed by atoms with Crippen LogP contribution >= 0.6 is 0 Å². The van der Waals surface area contributed by atoms with Crippen LogP contribution in [0.15, 0.2) is 42.5 Å². The monoisotopic (exact) mass is 415 g/mol. The first-order valence-electron chi connectivity index (χ1n) is 9.79. The van der Waals surface area contributed by atoms with Crippen molar-refractivity contribution in [1.29, 1.82) is 0 Å². The largest absolute Gasteiger partial charge is 0.493 e. The van der Waals surface area contributed by atoms with Crippen LogP contribution in [0.5, 0.6) is 17.2 Å². The Kier molecular flexibility index (Phi) is 8.53. The van der Waals surface area contributed by atoms with Crippen molar-refractivity contribution in [2.45, 2.75) is 32.8 Å². The molecule has 0 aliphatic rings. The van der Waals surface area contributed by atoms with Crippen LogP contribution in [0.1, 0.15) is 25.8 Å². The molecule has 162 valence electrons. The van der Waals surface area contributed by atoms with E-state index in [4.69, 9.17) is 18.9 Å². The molecule has 2 rings (SSSR count). The quantitative estimate of drug-likeness (QED) is 0.552. The maximum Gasteiger partial charge on any atom is 0.306 e. The number of rotatable bonds is 10. The molecular formula is C23H29NO6. The highest BCUT2D eigenvalue weighted by Gasteiger charge is 2.24. The Balaban J connectivity index is 1.99. The second-order valence-electron chi connectivity index (χ2n) is 6.58. The van der Waals surface area contributed by atoms with Crippen LogP contribution in [0.2, 0.25) is 0 Å². The maximum absolute atomic E-state index is 12.7. The summed E-state index contributed by atoms with van der Waals surface area (Å²) in [7, 11) is 4.61. The molecule has 0 saturated heterocycles. The van der Waals surface area contributed by atoms with Gasteiger partial charge in [-0.25, -0.2) is 0 Å². The minimum absolute atomic E-state index is 0.119. The van der Waals surface area contributed by atoms with Crippen molar-refractivity contribution in [3.05, 3.63) is 48.0 Å². The fourth-order valence-electron chi connectivity index (χ4n) is 3.13. The summed E-state index contributed by atoms with van der Waals surface area (Å²) in [4.78, 5) is 26.6. The van der Waals surface area contributed by atoms with E-state index in [2.05, 4.69) is 0 Å². The Bertz CT molecular complexity index is 827. The second kappa shape index (κ2) is 11.1. The Hall–Kier alpha value is -3.22. The molecule has 0 radical (unpaired) electrons. The number of anilines is 1. The molecular weight excluding hydrogens is 386 g/mol. The number of hydrogen-bond donors (Lipinski definition) is 0. The van der Waals surface area contributed by atoms with Gasteiger partial charge >= 0.3 is 5.97 Å². The lowest BCUT2D eigenvalue weighted by Gasteiger charge is -2.24. The van der Waals surface area contributed by atoms with Gasteiger partial charge in [0.05, 0.1) is 21.3 Å². The zero-order chi connectivity index (χ0) is 22.1. The molecule has 1 amide bonds. The van der Waals surface area contributed by atoms with E-state index in [1.54, 1.807) is 24.0 Å². The van der Waals surface area contributed by atoms with E-state index in [-0.39, 0.29) is 12.3 Å². The predicted molar refractivity (Wildman–Crippen MR) is 114 cm³/mol. The van der Waals surface area contributed by atoms with E-state index in [0.717, 1.165) is 11.3 Å². The standard InChI is InChI=1S/C23H29NO6/c1-6-24(18-10-8-7-9-11-18)23(26)16(2)30-21(25)13-12-17-14-19(27-3)22(29-5)20(15-17)28-4/h7-11,14-16H,6,12-13H2,1-5H3/t16-/m0/s1. The highest BCUT2D eigenvalue weighted by molar-refractivity contribution is 5.97. The van der Waals surface area contributed by atoms with Crippen molar-refractivity contribution in [3.8, 4) is 17.2 Å². The lowest BCUT2D eigenvalue weighted by atomic mass is 10.1. The molecule has 0 unspecified atom stereocenters. The summed E-state index contributed by atoms with van der Waals surface area (Å²) in [5, 5.41) is 0. The van der Waals surface area contributed by atoms with Gasteiger partial charge in [-0.15, -0.1) is 0 Å². The number of para-hydroxylation sites is 1. The van der Waals surface area contributed by atoms with Gasteiger partial charge in [0.1, 0.15) is 0 Å². The molecule has 0 fully saturated rings. The topological polar surface area (TPSA) is 74.3 Å². The summed E-state index contributed by atoms with van der Waals surface area (Å²) in [6.07, 6.45) is -0.349. The molecule has 30 heavy (non-hydrogen) atoms. The van der Waals surface area contributed by atoms with Gasteiger partial charge in [-0.1, -0.05) is 18.2 Å². The fourth-order valence-corrected chi connectivity index (χ4v) is 3.13. The number of aryl methyl sites for hydroxylation is 1. The van der Waals surface area contributed by atoms with Gasteiger partial charge in [0, 0.05) is 18.7 Å². The van der Waals surface area contributed by atoms with Crippen LogP contribution < -0.4 is 19.1 Å². The van der Waals surface area contributed by atoms with Gasteiger partial charge in [0.15, 0.2) is 17.6 Å². The lowest BCUT2D eigenvalue weighted by molar-refractivity contribution is -0.153. The minimum atomic E-state index is -0.877. The van der Waals surface area contributed by atoms with Crippen molar-refractivity contribution < 1.29 is 28.5 Å². The molecule has 0 heterocycles.